The molecule has 0 aliphatic heterocycles. The molecule has 0 saturated carbocycles. The maximum atomic E-state index is 12.4. The lowest BCUT2D eigenvalue weighted by Crippen LogP contribution is -2.38. The van der Waals surface area contributed by atoms with Gasteiger partial charge in [-0.2, -0.15) is 8.78 Å². The van der Waals surface area contributed by atoms with Crippen molar-refractivity contribution in [2.45, 2.75) is 38.8 Å². The molecule has 1 N–H and O–H groups in total. The Bertz CT molecular complexity index is 338. The number of allylic oxidation sites excluding steroid dienone is 1. The van der Waals surface area contributed by atoms with Gasteiger partial charge in [-0.3, -0.25) is 0 Å². The SMILES string of the molecule is CC(C)(C)OC(=O)N[C@H]1C=CCC1=C(F)F. The molecular formula is C11H15F2NO2. The van der Waals surface area contributed by atoms with Gasteiger partial charge in [-0.05, 0) is 27.2 Å². The second-order valence-electron chi connectivity index (χ2n) is 4.54. The minimum Gasteiger partial charge on any atom is -0.444 e. The van der Waals surface area contributed by atoms with Gasteiger partial charge in [-0.25, -0.2) is 4.79 Å². The zero-order chi connectivity index (χ0) is 12.3. The lowest BCUT2D eigenvalue weighted by atomic mass is 10.1. The highest BCUT2D eigenvalue weighted by Gasteiger charge is 2.24. The summed E-state index contributed by atoms with van der Waals surface area (Å²) in [7, 11) is 0. The van der Waals surface area contributed by atoms with Crippen LogP contribution < -0.4 is 5.32 Å². The first-order chi connectivity index (χ1) is 7.29. The van der Waals surface area contributed by atoms with Gasteiger partial charge in [0.05, 0.1) is 6.04 Å². The first kappa shape index (κ1) is 12.7. The summed E-state index contributed by atoms with van der Waals surface area (Å²) in [4.78, 5) is 11.3. The van der Waals surface area contributed by atoms with E-state index in [4.69, 9.17) is 4.74 Å². The fraction of sp³-hybridized carbons (Fsp3) is 0.545. The van der Waals surface area contributed by atoms with E-state index in [1.807, 2.05) is 0 Å². The number of carbonyl (C=O) groups is 1. The predicted molar refractivity (Wildman–Crippen MR) is 56.2 cm³/mol. The van der Waals surface area contributed by atoms with Crippen LogP contribution in [0.15, 0.2) is 23.8 Å². The van der Waals surface area contributed by atoms with Gasteiger partial charge < -0.3 is 10.1 Å². The quantitative estimate of drug-likeness (QED) is 0.704. The molecule has 1 aliphatic carbocycles. The number of rotatable bonds is 1. The van der Waals surface area contributed by atoms with Crippen molar-refractivity contribution in [3.05, 3.63) is 23.8 Å². The molecule has 0 spiro atoms. The van der Waals surface area contributed by atoms with Crippen molar-refractivity contribution >= 4 is 6.09 Å². The van der Waals surface area contributed by atoms with Crippen LogP contribution in [-0.2, 0) is 4.74 Å². The Hall–Kier alpha value is -1.39. The molecule has 5 heteroatoms. The summed E-state index contributed by atoms with van der Waals surface area (Å²) in [5.74, 6) is 0. The summed E-state index contributed by atoms with van der Waals surface area (Å²) >= 11 is 0. The number of ether oxygens (including phenoxy) is 1. The smallest absolute Gasteiger partial charge is 0.408 e. The summed E-state index contributed by atoms with van der Waals surface area (Å²) in [5, 5.41) is 2.38. The number of hydrogen-bond donors (Lipinski definition) is 1. The fourth-order valence-electron chi connectivity index (χ4n) is 1.34. The van der Waals surface area contributed by atoms with Gasteiger partial charge in [0.2, 0.25) is 0 Å². The summed E-state index contributed by atoms with van der Waals surface area (Å²) in [6, 6.07) is -0.750. The van der Waals surface area contributed by atoms with Crippen molar-refractivity contribution in [3.8, 4) is 0 Å². The first-order valence-electron chi connectivity index (χ1n) is 5.00. The van der Waals surface area contributed by atoms with Crippen molar-refractivity contribution in [2.75, 3.05) is 0 Å². The highest BCUT2D eigenvalue weighted by Crippen LogP contribution is 2.23. The Kier molecular flexibility index (Phi) is 3.67. The van der Waals surface area contributed by atoms with E-state index in [0.717, 1.165) is 0 Å². The molecule has 1 amide bonds. The van der Waals surface area contributed by atoms with Gasteiger partial charge in [0, 0.05) is 5.57 Å². The molecule has 1 rings (SSSR count). The van der Waals surface area contributed by atoms with Crippen LogP contribution in [0.2, 0.25) is 0 Å². The Morgan fingerprint density at radius 1 is 1.50 bits per heavy atom. The van der Waals surface area contributed by atoms with E-state index in [9.17, 15) is 13.6 Å². The number of hydrogen-bond acceptors (Lipinski definition) is 2. The van der Waals surface area contributed by atoms with Crippen molar-refractivity contribution in [3.63, 3.8) is 0 Å². The topological polar surface area (TPSA) is 38.3 Å². The van der Waals surface area contributed by atoms with Crippen molar-refractivity contribution < 1.29 is 18.3 Å². The summed E-state index contributed by atoms with van der Waals surface area (Å²) < 4.78 is 29.8. The van der Waals surface area contributed by atoms with Crippen molar-refractivity contribution in [2.24, 2.45) is 0 Å². The molecule has 3 nitrogen and oxygen atoms in total. The maximum Gasteiger partial charge on any atom is 0.408 e. The predicted octanol–water partition coefficient (Wildman–Crippen LogP) is 2.99. The summed E-state index contributed by atoms with van der Waals surface area (Å²) in [6.07, 6.45) is 0.853. The average Bonchev–Trinajstić information content (AvgIpc) is 2.47. The average molecular weight is 231 g/mol. The minimum atomic E-state index is -1.74. The highest BCUT2D eigenvalue weighted by atomic mass is 19.3. The van der Waals surface area contributed by atoms with Gasteiger partial charge in [-0.15, -0.1) is 0 Å². The van der Waals surface area contributed by atoms with Gasteiger partial charge in [0.15, 0.2) is 0 Å². The second-order valence-corrected chi connectivity index (χ2v) is 4.54. The maximum absolute atomic E-state index is 12.4. The van der Waals surface area contributed by atoms with Crippen LogP contribution >= 0.6 is 0 Å². The van der Waals surface area contributed by atoms with Gasteiger partial charge >= 0.3 is 6.09 Å². The van der Waals surface area contributed by atoms with Crippen LogP contribution in [0.4, 0.5) is 13.6 Å². The molecule has 0 radical (unpaired) electrons. The number of alkyl carbamates (subject to hydrolysis) is 1. The zero-order valence-electron chi connectivity index (χ0n) is 9.51. The van der Waals surface area contributed by atoms with Gasteiger partial charge in [0.1, 0.15) is 5.60 Å². The first-order valence-corrected chi connectivity index (χ1v) is 5.00. The summed E-state index contributed by atoms with van der Waals surface area (Å²) in [6.45, 7) is 5.14. The highest BCUT2D eigenvalue weighted by molar-refractivity contribution is 5.69. The molecule has 0 aromatic heterocycles. The third kappa shape index (κ3) is 3.64. The van der Waals surface area contributed by atoms with Crippen LogP contribution in [0.5, 0.6) is 0 Å². The van der Waals surface area contributed by atoms with Crippen molar-refractivity contribution in [1.29, 1.82) is 0 Å². The Balaban J connectivity index is 2.58. The molecule has 0 bridgehead atoms. The third-order valence-electron chi connectivity index (χ3n) is 1.96. The summed E-state index contributed by atoms with van der Waals surface area (Å²) in [5.41, 5.74) is -0.712. The molecule has 0 saturated heterocycles. The van der Waals surface area contributed by atoms with Crippen molar-refractivity contribution in [1.82, 2.24) is 5.32 Å². The van der Waals surface area contributed by atoms with E-state index in [-0.39, 0.29) is 12.0 Å². The minimum absolute atomic E-state index is 0.0779. The molecule has 1 atom stereocenters. The lowest BCUT2D eigenvalue weighted by molar-refractivity contribution is 0.0520. The number of nitrogens with one attached hydrogen (secondary N) is 1. The Morgan fingerprint density at radius 3 is 2.62 bits per heavy atom. The molecule has 0 fully saturated rings. The van der Waals surface area contributed by atoms with E-state index >= 15 is 0 Å². The monoisotopic (exact) mass is 231 g/mol. The largest absolute Gasteiger partial charge is 0.444 e. The van der Waals surface area contributed by atoms with E-state index in [0.29, 0.717) is 0 Å². The van der Waals surface area contributed by atoms with Crippen LogP contribution in [0.1, 0.15) is 27.2 Å². The molecule has 1 aliphatic rings. The lowest BCUT2D eigenvalue weighted by Gasteiger charge is -2.21. The molecular weight excluding hydrogens is 216 g/mol. The zero-order valence-corrected chi connectivity index (χ0v) is 9.51. The molecule has 90 valence electrons. The Morgan fingerprint density at radius 2 is 2.12 bits per heavy atom. The van der Waals surface area contributed by atoms with Gasteiger partial charge in [-0.1, -0.05) is 12.2 Å². The molecule has 16 heavy (non-hydrogen) atoms. The number of carbonyl (C=O) groups excluding carboxylic acids is 1. The number of halogens is 2. The number of amides is 1. The fourth-order valence-corrected chi connectivity index (χ4v) is 1.34. The molecule has 0 aromatic carbocycles. The van der Waals surface area contributed by atoms with E-state index in [1.165, 1.54) is 6.08 Å². The third-order valence-corrected chi connectivity index (χ3v) is 1.96. The normalized spacial score (nSPS) is 19.8. The van der Waals surface area contributed by atoms with Crippen LogP contribution in [-0.4, -0.2) is 17.7 Å². The van der Waals surface area contributed by atoms with Crippen LogP contribution in [0, 0.1) is 0 Å². The van der Waals surface area contributed by atoms with Crippen LogP contribution in [0.25, 0.3) is 0 Å². The standard InChI is InChI=1S/C11H15F2NO2/c1-11(2,3)16-10(15)14-8-6-4-5-7(8)9(12)13/h4,6,8H,5H2,1-3H3,(H,14,15)/t8-/m0/s1. The van der Waals surface area contributed by atoms with E-state index in [2.05, 4.69) is 5.32 Å². The molecule has 0 aromatic rings. The second kappa shape index (κ2) is 4.63. The van der Waals surface area contributed by atoms with Gasteiger partial charge in [0.25, 0.3) is 6.08 Å². The Labute approximate surface area is 93.2 Å². The molecule has 0 heterocycles. The van der Waals surface area contributed by atoms with E-state index < -0.39 is 23.8 Å². The van der Waals surface area contributed by atoms with Crippen LogP contribution in [0.3, 0.4) is 0 Å². The molecule has 0 unspecified atom stereocenters. The van der Waals surface area contributed by atoms with E-state index in [1.54, 1.807) is 26.8 Å².